The molecule has 6 heteroatoms. The number of nitro groups is 2. The van der Waals surface area contributed by atoms with Crippen LogP contribution >= 0.6 is 0 Å². The minimum absolute atomic E-state index is 0.105. The molecule has 4 rings (SSSR count). The quantitative estimate of drug-likeness (QED) is 0.525. The van der Waals surface area contributed by atoms with Crippen LogP contribution in [-0.4, -0.2) is 21.9 Å². The van der Waals surface area contributed by atoms with Gasteiger partial charge < -0.3 is 0 Å². The molecule has 6 nitrogen and oxygen atoms in total. The largest absolute Gasteiger partial charge is 0.264 e. The Labute approximate surface area is 92.3 Å². The van der Waals surface area contributed by atoms with Crippen LogP contribution in [-0.2, 0) is 0 Å². The van der Waals surface area contributed by atoms with Crippen molar-refractivity contribution in [3.05, 3.63) is 20.2 Å². The molecule has 0 atom stereocenters. The van der Waals surface area contributed by atoms with Crippen molar-refractivity contribution >= 4 is 0 Å². The summed E-state index contributed by atoms with van der Waals surface area (Å²) in [7, 11) is 0. The number of rotatable bonds is 2. The lowest BCUT2D eigenvalue weighted by Gasteiger charge is -2.50. The third-order valence-electron chi connectivity index (χ3n) is 4.84. The van der Waals surface area contributed by atoms with Crippen molar-refractivity contribution in [2.24, 2.45) is 23.7 Å². The molecular formula is C10H14N2O4. The van der Waals surface area contributed by atoms with Crippen LogP contribution in [0.25, 0.3) is 0 Å². The maximum absolute atomic E-state index is 11.0. The highest BCUT2D eigenvalue weighted by molar-refractivity contribution is 5.02. The van der Waals surface area contributed by atoms with Crippen LogP contribution in [0.5, 0.6) is 0 Å². The first kappa shape index (κ1) is 9.99. The molecule has 0 radical (unpaired) electrons. The lowest BCUT2D eigenvalue weighted by atomic mass is 9.52. The second kappa shape index (κ2) is 3.15. The smallest absolute Gasteiger partial charge is 0.218 e. The Hall–Kier alpha value is -1.20. The second-order valence-electron chi connectivity index (χ2n) is 5.54. The Bertz CT molecular complexity index is 297. The average molecular weight is 226 g/mol. The summed E-state index contributed by atoms with van der Waals surface area (Å²) in [6.45, 7) is 0. The summed E-state index contributed by atoms with van der Waals surface area (Å²) >= 11 is 0. The van der Waals surface area contributed by atoms with Gasteiger partial charge in [-0.3, -0.25) is 20.2 Å². The molecule has 0 spiro atoms. The molecule has 0 aliphatic heterocycles. The van der Waals surface area contributed by atoms with Crippen molar-refractivity contribution < 1.29 is 9.85 Å². The fourth-order valence-electron chi connectivity index (χ4n) is 4.51. The van der Waals surface area contributed by atoms with E-state index in [4.69, 9.17) is 0 Å². The van der Waals surface area contributed by atoms with E-state index in [2.05, 4.69) is 0 Å². The van der Waals surface area contributed by atoms with Crippen LogP contribution in [0.1, 0.15) is 25.7 Å². The zero-order valence-corrected chi connectivity index (χ0v) is 8.82. The number of hydrogen-bond donors (Lipinski definition) is 0. The van der Waals surface area contributed by atoms with E-state index in [-0.39, 0.29) is 33.5 Å². The third-order valence-corrected chi connectivity index (χ3v) is 4.84. The molecule has 4 aliphatic rings. The maximum atomic E-state index is 11.0. The summed E-state index contributed by atoms with van der Waals surface area (Å²) in [5.74, 6) is 0.421. The first-order valence-electron chi connectivity index (χ1n) is 5.85. The van der Waals surface area contributed by atoms with Gasteiger partial charge in [0.2, 0.25) is 12.1 Å². The van der Waals surface area contributed by atoms with Crippen LogP contribution in [0.3, 0.4) is 0 Å². The van der Waals surface area contributed by atoms with Crippen molar-refractivity contribution in [1.29, 1.82) is 0 Å². The van der Waals surface area contributed by atoms with Crippen LogP contribution in [0.15, 0.2) is 0 Å². The van der Waals surface area contributed by atoms with E-state index in [9.17, 15) is 20.2 Å². The molecule has 0 unspecified atom stereocenters. The fraction of sp³-hybridized carbons (Fsp3) is 1.00. The molecule has 0 saturated heterocycles. The summed E-state index contributed by atoms with van der Waals surface area (Å²) in [6.07, 6.45) is 2.79. The first-order valence-corrected chi connectivity index (χ1v) is 5.85. The van der Waals surface area contributed by atoms with Crippen molar-refractivity contribution in [3.8, 4) is 0 Å². The molecule has 4 fully saturated rings. The Morgan fingerprint density at radius 2 is 0.938 bits per heavy atom. The SMILES string of the molecule is O=[N+]([O-])C1C2CC3CC1CC(C2)C3[N+](=O)[O-]. The van der Waals surface area contributed by atoms with Gasteiger partial charge in [-0.2, -0.15) is 0 Å². The minimum Gasteiger partial charge on any atom is -0.264 e. The van der Waals surface area contributed by atoms with Gasteiger partial charge in [-0.25, -0.2) is 0 Å². The van der Waals surface area contributed by atoms with E-state index in [1.54, 1.807) is 0 Å². The van der Waals surface area contributed by atoms with E-state index >= 15 is 0 Å². The van der Waals surface area contributed by atoms with Crippen molar-refractivity contribution in [1.82, 2.24) is 0 Å². The number of hydrogen-bond acceptors (Lipinski definition) is 4. The van der Waals surface area contributed by atoms with Gasteiger partial charge in [-0.1, -0.05) is 0 Å². The van der Waals surface area contributed by atoms with Gasteiger partial charge in [0.25, 0.3) is 0 Å². The third kappa shape index (κ3) is 1.18. The summed E-state index contributed by atoms with van der Waals surface area (Å²) in [4.78, 5) is 21.7. The van der Waals surface area contributed by atoms with Crippen molar-refractivity contribution in [3.63, 3.8) is 0 Å². The summed E-state index contributed by atoms with van der Waals surface area (Å²) < 4.78 is 0. The standard InChI is InChI=1S/C10H14N2O4/c13-11(14)9-5-1-6-3-8(9)4-7(2-5)10(6)12(15)16/h5-10H,1-4H2. The molecule has 0 aromatic heterocycles. The van der Waals surface area contributed by atoms with Gasteiger partial charge in [0, 0.05) is 33.5 Å². The zero-order valence-electron chi connectivity index (χ0n) is 8.82. The Kier molecular flexibility index (Phi) is 1.96. The highest BCUT2D eigenvalue weighted by Gasteiger charge is 2.61. The first-order chi connectivity index (χ1) is 7.58. The van der Waals surface area contributed by atoms with E-state index in [0.29, 0.717) is 25.7 Å². The normalized spacial score (nSPS) is 49.2. The van der Waals surface area contributed by atoms with Gasteiger partial charge in [0.15, 0.2) is 0 Å². The van der Waals surface area contributed by atoms with Crippen molar-refractivity contribution in [2.75, 3.05) is 0 Å². The van der Waals surface area contributed by atoms with E-state index in [0.717, 1.165) is 0 Å². The van der Waals surface area contributed by atoms with Crippen LogP contribution < -0.4 is 0 Å². The second-order valence-corrected chi connectivity index (χ2v) is 5.54. The maximum Gasteiger partial charge on any atom is 0.218 e. The summed E-state index contributed by atoms with van der Waals surface area (Å²) in [6, 6.07) is -0.833. The molecule has 0 heterocycles. The lowest BCUT2D eigenvalue weighted by Crippen LogP contribution is -2.58. The monoisotopic (exact) mass is 226 g/mol. The fourth-order valence-corrected chi connectivity index (χ4v) is 4.51. The van der Waals surface area contributed by atoms with Gasteiger partial charge in [0.05, 0.1) is 0 Å². The number of nitrogens with zero attached hydrogens (tertiary/aromatic N) is 2. The average Bonchev–Trinajstić information content (AvgIpc) is 2.14. The molecule has 0 aromatic rings. The lowest BCUT2D eigenvalue weighted by molar-refractivity contribution is -0.583. The highest BCUT2D eigenvalue weighted by Crippen LogP contribution is 2.55. The molecule has 0 N–H and O–H groups in total. The Morgan fingerprint density at radius 3 is 1.12 bits per heavy atom. The van der Waals surface area contributed by atoms with Gasteiger partial charge in [-0.05, 0) is 25.7 Å². The van der Waals surface area contributed by atoms with Gasteiger partial charge >= 0.3 is 0 Å². The van der Waals surface area contributed by atoms with Crippen LogP contribution in [0.4, 0.5) is 0 Å². The van der Waals surface area contributed by atoms with Gasteiger partial charge in [-0.15, -0.1) is 0 Å². The molecule has 4 aliphatic carbocycles. The molecule has 4 saturated carbocycles. The molecule has 88 valence electrons. The molecular weight excluding hydrogens is 212 g/mol. The Balaban J connectivity index is 1.87. The zero-order chi connectivity index (χ0) is 11.4. The predicted octanol–water partition coefficient (Wildman–Crippen LogP) is 1.34. The van der Waals surface area contributed by atoms with E-state index in [1.165, 1.54) is 0 Å². The summed E-state index contributed by atoms with van der Waals surface area (Å²) in [5, 5.41) is 22.0. The topological polar surface area (TPSA) is 86.3 Å². The Morgan fingerprint density at radius 1 is 0.688 bits per heavy atom. The molecule has 0 aromatic carbocycles. The van der Waals surface area contributed by atoms with Crippen LogP contribution in [0, 0.1) is 43.9 Å². The van der Waals surface area contributed by atoms with Crippen LogP contribution in [0.2, 0.25) is 0 Å². The van der Waals surface area contributed by atoms with E-state index < -0.39 is 12.1 Å². The minimum atomic E-state index is -0.416. The van der Waals surface area contributed by atoms with Crippen molar-refractivity contribution in [2.45, 2.75) is 37.8 Å². The molecule has 4 bridgehead atoms. The van der Waals surface area contributed by atoms with Gasteiger partial charge in [0.1, 0.15) is 0 Å². The van der Waals surface area contributed by atoms with E-state index in [1.807, 2.05) is 0 Å². The predicted molar refractivity (Wildman–Crippen MR) is 54.0 cm³/mol. The molecule has 0 amide bonds. The highest BCUT2D eigenvalue weighted by atomic mass is 16.6. The summed E-state index contributed by atoms with van der Waals surface area (Å²) in [5.41, 5.74) is 0. The molecule has 16 heavy (non-hydrogen) atoms.